The normalized spacial score (nSPS) is 18.8. The highest BCUT2D eigenvalue weighted by atomic mass is 19.1. The predicted octanol–water partition coefficient (Wildman–Crippen LogP) is 1.74. The minimum absolute atomic E-state index is 0.0301. The Labute approximate surface area is 128 Å². The lowest BCUT2D eigenvalue weighted by Crippen LogP contribution is -2.50. The van der Waals surface area contributed by atoms with Crippen LogP contribution in [0.3, 0.4) is 0 Å². The molecule has 2 N–H and O–H groups in total. The second kappa shape index (κ2) is 7.93. The van der Waals surface area contributed by atoms with Crippen LogP contribution < -0.4 is 15.4 Å². The molecular formula is C15H21F2N3O2. The van der Waals surface area contributed by atoms with Crippen molar-refractivity contribution in [2.45, 2.75) is 18.9 Å². The second-order valence-electron chi connectivity index (χ2n) is 5.42. The van der Waals surface area contributed by atoms with Crippen LogP contribution in [0.15, 0.2) is 18.2 Å². The number of likely N-dealkylation sites (N-methyl/N-ethyl adjacent to an activating group) is 1. The maximum absolute atomic E-state index is 13.3. The molecule has 5 nitrogen and oxygen atoms in total. The van der Waals surface area contributed by atoms with E-state index < -0.39 is 11.6 Å². The van der Waals surface area contributed by atoms with Crippen LogP contribution in [0.5, 0.6) is 5.75 Å². The number of carbonyl (C=O) groups is 1. The van der Waals surface area contributed by atoms with Crippen molar-refractivity contribution in [1.82, 2.24) is 15.5 Å². The zero-order chi connectivity index (χ0) is 15.9. The number of piperidine rings is 1. The summed E-state index contributed by atoms with van der Waals surface area (Å²) < 4.78 is 31.2. The number of nitrogens with zero attached hydrogens (tertiary/aromatic N) is 1. The van der Waals surface area contributed by atoms with E-state index in [9.17, 15) is 13.6 Å². The number of hydrogen-bond acceptors (Lipinski definition) is 3. The van der Waals surface area contributed by atoms with Crippen LogP contribution in [0.4, 0.5) is 13.6 Å². The van der Waals surface area contributed by atoms with Gasteiger partial charge in [0.2, 0.25) is 0 Å². The van der Waals surface area contributed by atoms with Gasteiger partial charge in [-0.15, -0.1) is 0 Å². The fraction of sp³-hybridized carbons (Fsp3) is 0.533. The van der Waals surface area contributed by atoms with E-state index in [0.717, 1.165) is 38.1 Å². The lowest BCUT2D eigenvalue weighted by Gasteiger charge is -2.30. The predicted molar refractivity (Wildman–Crippen MR) is 78.9 cm³/mol. The number of carbonyl (C=O) groups excluding carboxylic acids is 1. The van der Waals surface area contributed by atoms with Gasteiger partial charge in [-0.25, -0.2) is 13.6 Å². The van der Waals surface area contributed by atoms with Crippen molar-refractivity contribution in [2.24, 2.45) is 0 Å². The molecule has 1 saturated heterocycles. The molecule has 0 aliphatic carbocycles. The molecule has 1 heterocycles. The first-order valence-electron chi connectivity index (χ1n) is 7.35. The molecule has 1 aromatic rings. The number of nitrogens with one attached hydrogen (secondary N) is 2. The summed E-state index contributed by atoms with van der Waals surface area (Å²) in [6, 6.07) is 2.99. The number of urea groups is 1. The minimum atomic E-state index is -0.755. The van der Waals surface area contributed by atoms with Gasteiger partial charge in [0, 0.05) is 18.7 Å². The number of hydrogen-bond donors (Lipinski definition) is 2. The molecule has 0 bridgehead atoms. The van der Waals surface area contributed by atoms with Gasteiger partial charge in [-0.3, -0.25) is 0 Å². The Morgan fingerprint density at radius 1 is 1.45 bits per heavy atom. The van der Waals surface area contributed by atoms with Crippen LogP contribution in [-0.4, -0.2) is 50.3 Å². The van der Waals surface area contributed by atoms with E-state index in [1.165, 1.54) is 6.07 Å². The van der Waals surface area contributed by atoms with Crippen LogP contribution >= 0.6 is 0 Å². The van der Waals surface area contributed by atoms with Gasteiger partial charge < -0.3 is 20.3 Å². The Kier molecular flexibility index (Phi) is 5.94. The summed E-state index contributed by atoms with van der Waals surface area (Å²) in [6.07, 6.45) is 2.03. The molecule has 0 radical (unpaired) electrons. The average molecular weight is 313 g/mol. The van der Waals surface area contributed by atoms with Crippen LogP contribution in [0.1, 0.15) is 12.8 Å². The van der Waals surface area contributed by atoms with E-state index in [1.54, 1.807) is 0 Å². The topological polar surface area (TPSA) is 53.6 Å². The van der Waals surface area contributed by atoms with Gasteiger partial charge in [-0.2, -0.15) is 0 Å². The first kappa shape index (κ1) is 16.5. The molecule has 1 aromatic carbocycles. The smallest absolute Gasteiger partial charge is 0.315 e. The summed E-state index contributed by atoms with van der Waals surface area (Å²) in [6.45, 7) is 2.24. The van der Waals surface area contributed by atoms with Crippen molar-refractivity contribution in [3.63, 3.8) is 0 Å². The fourth-order valence-electron chi connectivity index (χ4n) is 2.44. The lowest BCUT2D eigenvalue weighted by atomic mass is 10.1. The van der Waals surface area contributed by atoms with Crippen LogP contribution in [0, 0.1) is 11.6 Å². The van der Waals surface area contributed by atoms with E-state index in [2.05, 4.69) is 15.5 Å². The molecule has 0 saturated carbocycles. The Bertz CT molecular complexity index is 514. The van der Waals surface area contributed by atoms with Gasteiger partial charge in [-0.05, 0) is 38.6 Å². The Morgan fingerprint density at radius 3 is 3.00 bits per heavy atom. The quantitative estimate of drug-likeness (QED) is 0.814. The van der Waals surface area contributed by atoms with Crippen molar-refractivity contribution < 1.29 is 18.3 Å². The molecule has 0 aromatic heterocycles. The zero-order valence-corrected chi connectivity index (χ0v) is 12.6. The summed E-state index contributed by atoms with van der Waals surface area (Å²) in [5.41, 5.74) is 0. The van der Waals surface area contributed by atoms with Crippen LogP contribution in [0.2, 0.25) is 0 Å². The van der Waals surface area contributed by atoms with Gasteiger partial charge in [0.15, 0.2) is 11.6 Å². The molecule has 2 amide bonds. The summed E-state index contributed by atoms with van der Waals surface area (Å²) in [7, 11) is 2.02. The molecule has 22 heavy (non-hydrogen) atoms. The first-order chi connectivity index (χ1) is 10.5. The Balaban J connectivity index is 1.64. The highest BCUT2D eigenvalue weighted by Gasteiger charge is 2.18. The average Bonchev–Trinajstić information content (AvgIpc) is 2.45. The highest BCUT2D eigenvalue weighted by molar-refractivity contribution is 5.74. The molecule has 7 heteroatoms. The number of halogens is 2. The Hall–Kier alpha value is -1.89. The van der Waals surface area contributed by atoms with E-state index >= 15 is 0 Å². The molecule has 1 atom stereocenters. The lowest BCUT2D eigenvalue weighted by molar-refractivity contribution is 0.207. The fourth-order valence-corrected chi connectivity index (χ4v) is 2.44. The molecule has 122 valence electrons. The summed E-state index contributed by atoms with van der Waals surface area (Å²) in [5, 5.41) is 5.55. The van der Waals surface area contributed by atoms with E-state index in [-0.39, 0.29) is 31.0 Å². The number of rotatable bonds is 5. The molecular weight excluding hydrogens is 292 g/mol. The van der Waals surface area contributed by atoms with Crippen molar-refractivity contribution >= 4 is 6.03 Å². The summed E-state index contributed by atoms with van der Waals surface area (Å²) >= 11 is 0. The van der Waals surface area contributed by atoms with Gasteiger partial charge in [0.1, 0.15) is 12.4 Å². The molecule has 1 aliphatic rings. The maximum atomic E-state index is 13.3. The third-order valence-electron chi connectivity index (χ3n) is 3.50. The maximum Gasteiger partial charge on any atom is 0.315 e. The zero-order valence-electron chi connectivity index (χ0n) is 12.6. The monoisotopic (exact) mass is 313 g/mol. The van der Waals surface area contributed by atoms with Gasteiger partial charge >= 0.3 is 6.03 Å². The standard InChI is InChI=1S/C15H21F2N3O2/c1-20-7-2-3-12(10-20)19-15(21)18-6-8-22-14-5-4-11(16)9-13(14)17/h4-5,9,12H,2-3,6-8,10H2,1H3,(H2,18,19,21)/t12-/m0/s1. The van der Waals surface area contributed by atoms with Gasteiger partial charge in [-0.1, -0.05) is 0 Å². The number of likely N-dealkylation sites (tertiary alicyclic amines) is 1. The van der Waals surface area contributed by atoms with Crippen molar-refractivity contribution in [1.29, 1.82) is 0 Å². The molecule has 2 rings (SSSR count). The van der Waals surface area contributed by atoms with Gasteiger partial charge in [0.25, 0.3) is 0 Å². The largest absolute Gasteiger partial charge is 0.489 e. The van der Waals surface area contributed by atoms with Gasteiger partial charge in [0.05, 0.1) is 6.54 Å². The molecule has 1 fully saturated rings. The minimum Gasteiger partial charge on any atom is -0.489 e. The SMILES string of the molecule is CN1CCC[C@H](NC(=O)NCCOc2ccc(F)cc2F)C1. The van der Waals surface area contributed by atoms with Crippen molar-refractivity contribution in [2.75, 3.05) is 33.3 Å². The van der Waals surface area contributed by atoms with Crippen molar-refractivity contribution in [3.8, 4) is 5.75 Å². The number of benzene rings is 1. The second-order valence-corrected chi connectivity index (χ2v) is 5.42. The van der Waals surface area contributed by atoms with Crippen molar-refractivity contribution in [3.05, 3.63) is 29.8 Å². The van der Waals surface area contributed by atoms with Crippen LogP contribution in [0.25, 0.3) is 0 Å². The Morgan fingerprint density at radius 2 is 2.27 bits per heavy atom. The molecule has 0 spiro atoms. The highest BCUT2D eigenvalue weighted by Crippen LogP contribution is 2.17. The van der Waals surface area contributed by atoms with E-state index in [4.69, 9.17) is 4.74 Å². The number of ether oxygens (including phenoxy) is 1. The van der Waals surface area contributed by atoms with E-state index in [0.29, 0.717) is 0 Å². The van der Waals surface area contributed by atoms with E-state index in [1.807, 2.05) is 7.05 Å². The van der Waals surface area contributed by atoms with Crippen LogP contribution in [-0.2, 0) is 0 Å². The summed E-state index contributed by atoms with van der Waals surface area (Å²) in [5.74, 6) is -1.44. The summed E-state index contributed by atoms with van der Waals surface area (Å²) in [4.78, 5) is 13.9. The molecule has 1 aliphatic heterocycles. The third kappa shape index (κ3) is 5.14. The molecule has 0 unspecified atom stereocenters. The third-order valence-corrected chi connectivity index (χ3v) is 3.50. The number of amides is 2. The first-order valence-corrected chi connectivity index (χ1v) is 7.35.